The molecule has 0 atom stereocenters. The van der Waals surface area contributed by atoms with Crippen LogP contribution in [0.25, 0.3) is 0 Å². The monoisotopic (exact) mass is 907 g/mol. The number of aryl methyl sites for hydroxylation is 4. The van der Waals surface area contributed by atoms with Gasteiger partial charge in [-0.15, -0.1) is 0 Å². The van der Waals surface area contributed by atoms with Gasteiger partial charge in [-0.05, 0) is 110 Å². The number of carbonyl (C=O) groups is 1. The van der Waals surface area contributed by atoms with Crippen molar-refractivity contribution in [3.63, 3.8) is 0 Å². The topological polar surface area (TPSA) is 70.7 Å². The van der Waals surface area contributed by atoms with Gasteiger partial charge < -0.3 is 53.4 Å². The van der Waals surface area contributed by atoms with Crippen LogP contribution < -0.4 is 33.8 Å². The van der Waals surface area contributed by atoms with Crippen LogP contribution in [0.1, 0.15) is 43.0 Å². The van der Waals surface area contributed by atoms with Gasteiger partial charge >= 0.3 is 0 Å². The third kappa shape index (κ3) is 15.7. The zero-order valence-electron chi connectivity index (χ0n) is 42.6. The van der Waals surface area contributed by atoms with Crippen LogP contribution in [-0.2, 0) is 4.79 Å². The molecule has 4 saturated heterocycles. The van der Waals surface area contributed by atoms with E-state index >= 15 is 0 Å². The molecule has 0 N–H and O–H groups in total. The number of methoxy groups -OCH3 is 2. The Morgan fingerprint density at radius 1 is 0.439 bits per heavy atom. The van der Waals surface area contributed by atoms with Crippen LogP contribution in [-0.4, -0.2) is 172 Å². The molecule has 4 fully saturated rings. The Labute approximate surface area is 398 Å². The van der Waals surface area contributed by atoms with Crippen molar-refractivity contribution in [2.45, 2.75) is 54.6 Å². The van der Waals surface area contributed by atoms with Crippen LogP contribution in [0.4, 0.5) is 22.7 Å². The van der Waals surface area contributed by atoms with E-state index < -0.39 is 0 Å². The number of anilines is 4. The molecule has 4 heterocycles. The highest BCUT2D eigenvalue weighted by Crippen LogP contribution is 2.29. The van der Waals surface area contributed by atoms with Crippen molar-refractivity contribution < 1.29 is 19.0 Å². The van der Waals surface area contributed by atoms with Gasteiger partial charge in [0.25, 0.3) is 0 Å². The Hall–Kier alpha value is -5.17. The fraction of sp³-hybridized carbons (Fsp3) is 0.537. The molecule has 12 heteroatoms. The Morgan fingerprint density at radius 2 is 0.742 bits per heavy atom. The summed E-state index contributed by atoms with van der Waals surface area (Å²) in [7, 11) is 9.97. The second-order valence-corrected chi connectivity index (χ2v) is 18.6. The van der Waals surface area contributed by atoms with Crippen molar-refractivity contribution in [1.29, 1.82) is 0 Å². The third-order valence-electron chi connectivity index (χ3n) is 13.0. The maximum absolute atomic E-state index is 11.3. The van der Waals surface area contributed by atoms with Crippen LogP contribution >= 0.6 is 0 Å². The predicted molar refractivity (Wildman–Crippen MR) is 277 cm³/mol. The summed E-state index contributed by atoms with van der Waals surface area (Å²) in [5.41, 5.74) is 9.97. The number of amides is 1. The van der Waals surface area contributed by atoms with Crippen molar-refractivity contribution in [2.75, 3.05) is 160 Å². The molecule has 4 aromatic rings. The number of benzene rings is 4. The van der Waals surface area contributed by atoms with Crippen molar-refractivity contribution >= 4 is 28.7 Å². The zero-order valence-corrected chi connectivity index (χ0v) is 42.6. The molecule has 12 nitrogen and oxygen atoms in total. The van der Waals surface area contributed by atoms with E-state index in [9.17, 15) is 4.79 Å². The summed E-state index contributed by atoms with van der Waals surface area (Å²) in [6.45, 7) is 31.1. The molecule has 0 radical (unpaired) electrons. The van der Waals surface area contributed by atoms with Gasteiger partial charge in [-0.2, -0.15) is 0 Å². The highest BCUT2D eigenvalue weighted by Gasteiger charge is 2.20. The number of rotatable bonds is 8. The summed E-state index contributed by atoms with van der Waals surface area (Å²) in [5, 5.41) is 0. The fourth-order valence-electron chi connectivity index (χ4n) is 8.41. The maximum atomic E-state index is 11.3. The quantitative estimate of drug-likeness (QED) is 0.175. The SMILES string of the molecule is COc1cc(N2CCN(C(C)=O)CC2)ccc1C.COc1cc(N2CCN(C)CC2)ccc1C.Cc1ccc(N2CCN(C)CC2)cc1.Cc1ccc(N2CCN(C)CC2)cc1OC(C)C. The molecule has 0 aromatic heterocycles. The molecule has 0 saturated carbocycles. The number of likely N-dealkylation sites (N-methyl/N-ethyl adjacent to an activating group) is 3. The van der Waals surface area contributed by atoms with Gasteiger partial charge in [-0.1, -0.05) is 35.9 Å². The minimum atomic E-state index is 0.163. The molecule has 4 aromatic carbocycles. The Bertz CT molecular complexity index is 2070. The lowest BCUT2D eigenvalue weighted by Gasteiger charge is -2.35. The molecule has 1 amide bonds. The molecule has 4 aliphatic heterocycles. The van der Waals surface area contributed by atoms with E-state index in [-0.39, 0.29) is 12.0 Å². The average Bonchev–Trinajstić information content (AvgIpc) is 3.32. The van der Waals surface area contributed by atoms with Gasteiger partial charge in [0, 0.05) is 153 Å². The summed E-state index contributed by atoms with van der Waals surface area (Å²) in [4.78, 5) is 29.9. The lowest BCUT2D eigenvalue weighted by Crippen LogP contribution is -2.48. The van der Waals surface area contributed by atoms with Crippen molar-refractivity contribution in [3.05, 3.63) is 101 Å². The third-order valence-corrected chi connectivity index (χ3v) is 13.0. The van der Waals surface area contributed by atoms with Crippen molar-refractivity contribution in [2.24, 2.45) is 0 Å². The minimum Gasteiger partial charge on any atom is -0.496 e. The van der Waals surface area contributed by atoms with Crippen LogP contribution in [0.2, 0.25) is 0 Å². The van der Waals surface area contributed by atoms with Gasteiger partial charge in [0.15, 0.2) is 0 Å². The fourth-order valence-corrected chi connectivity index (χ4v) is 8.41. The van der Waals surface area contributed by atoms with Crippen LogP contribution in [0.15, 0.2) is 78.9 Å². The summed E-state index contributed by atoms with van der Waals surface area (Å²) in [6, 6.07) is 28.1. The van der Waals surface area contributed by atoms with E-state index in [4.69, 9.17) is 14.2 Å². The number of nitrogens with zero attached hydrogens (tertiary/aromatic N) is 8. The van der Waals surface area contributed by atoms with Gasteiger partial charge in [0.05, 0.1) is 20.3 Å². The van der Waals surface area contributed by atoms with Gasteiger partial charge in [0.2, 0.25) is 5.91 Å². The molecule has 0 unspecified atom stereocenters. The molecular weight excluding hydrogens is 825 g/mol. The first-order chi connectivity index (χ1) is 31.6. The van der Waals surface area contributed by atoms with E-state index in [0.29, 0.717) is 0 Å². The molecular formula is C54H82N8O4. The first-order valence-corrected chi connectivity index (χ1v) is 24.1. The van der Waals surface area contributed by atoms with E-state index in [1.54, 1.807) is 21.1 Å². The smallest absolute Gasteiger partial charge is 0.219 e. The second kappa shape index (κ2) is 25.7. The normalized spacial score (nSPS) is 17.2. The molecule has 4 aliphatic rings. The van der Waals surface area contributed by atoms with Crippen molar-refractivity contribution in [3.8, 4) is 17.2 Å². The Kier molecular flexibility index (Phi) is 20.1. The molecule has 362 valence electrons. The highest BCUT2D eigenvalue weighted by molar-refractivity contribution is 5.73. The largest absolute Gasteiger partial charge is 0.496 e. The van der Waals surface area contributed by atoms with E-state index in [1.807, 2.05) is 11.8 Å². The standard InChI is InChI=1S/C15H24N2O.C14H20N2O2.C13H20N2O.C12H18N2/c1-12(2)18-15-11-14(6-5-13(15)3)17-9-7-16(4)8-10-17;1-11-4-5-13(10-14(11)18-3)16-8-6-15(7-9-16)12(2)17;1-11-4-5-12(10-13(11)16-3)15-8-6-14(2)7-9-15;1-11-3-5-12(6-4-11)14-9-7-13(2)8-10-14/h5-6,11-12H,7-10H2,1-4H3;4-5,10H,6-9H2,1-3H3;4-5,10H,6-9H2,1-3H3;3-6H,7-10H2,1-2H3. The van der Waals surface area contributed by atoms with Gasteiger partial charge in [0.1, 0.15) is 17.2 Å². The number of ether oxygens (including phenoxy) is 3. The van der Waals surface area contributed by atoms with Crippen LogP contribution in [0.5, 0.6) is 17.2 Å². The van der Waals surface area contributed by atoms with Crippen LogP contribution in [0, 0.1) is 27.7 Å². The number of hydrogen-bond donors (Lipinski definition) is 0. The number of carbonyl (C=O) groups excluding carboxylic acids is 1. The first kappa shape index (κ1) is 51.8. The van der Waals surface area contributed by atoms with Crippen LogP contribution in [0.3, 0.4) is 0 Å². The number of hydrogen-bond acceptors (Lipinski definition) is 11. The predicted octanol–water partition coefficient (Wildman–Crippen LogP) is 7.71. The molecule has 0 bridgehead atoms. The molecule has 66 heavy (non-hydrogen) atoms. The lowest BCUT2D eigenvalue weighted by atomic mass is 10.1. The maximum Gasteiger partial charge on any atom is 0.219 e. The average molecular weight is 907 g/mol. The lowest BCUT2D eigenvalue weighted by molar-refractivity contribution is -0.129. The van der Waals surface area contributed by atoms with Crippen molar-refractivity contribution in [1.82, 2.24) is 19.6 Å². The van der Waals surface area contributed by atoms with Gasteiger partial charge in [-0.3, -0.25) is 4.79 Å². The van der Waals surface area contributed by atoms with E-state index in [1.165, 1.54) is 52.5 Å². The highest BCUT2D eigenvalue weighted by atomic mass is 16.5. The Morgan fingerprint density at radius 3 is 1.08 bits per heavy atom. The zero-order chi connectivity index (χ0) is 47.8. The van der Waals surface area contributed by atoms with E-state index in [2.05, 4.69) is 169 Å². The summed E-state index contributed by atoms with van der Waals surface area (Å²) in [5.74, 6) is 3.08. The van der Waals surface area contributed by atoms with Gasteiger partial charge in [-0.25, -0.2) is 0 Å². The summed E-state index contributed by atoms with van der Waals surface area (Å²) >= 11 is 0. The second-order valence-electron chi connectivity index (χ2n) is 18.6. The molecule has 8 rings (SSSR count). The Balaban J connectivity index is 0.000000166. The summed E-state index contributed by atoms with van der Waals surface area (Å²) in [6.07, 6.45) is 0.228. The number of piperazine rings is 4. The molecule has 0 aliphatic carbocycles. The molecule has 0 spiro atoms. The van der Waals surface area contributed by atoms with E-state index in [0.717, 1.165) is 114 Å². The first-order valence-electron chi connectivity index (χ1n) is 24.1. The summed E-state index contributed by atoms with van der Waals surface area (Å²) < 4.78 is 16.6. The minimum absolute atomic E-state index is 0.163.